The van der Waals surface area contributed by atoms with Crippen molar-refractivity contribution in [2.75, 3.05) is 5.32 Å². The molecule has 0 bridgehead atoms. The summed E-state index contributed by atoms with van der Waals surface area (Å²) in [4.78, 5) is 19.1. The van der Waals surface area contributed by atoms with E-state index in [1.165, 1.54) is 6.07 Å². The number of aromatic nitrogens is 2. The van der Waals surface area contributed by atoms with E-state index in [0.717, 1.165) is 17.1 Å². The Morgan fingerprint density at radius 1 is 1.17 bits per heavy atom. The lowest BCUT2D eigenvalue weighted by molar-refractivity contribution is 0.0690. The second-order valence-electron chi connectivity index (χ2n) is 3.92. The standard InChI is InChI=1S/C13H13N3O2/c1-8-6-7-10(9(2)14-8)15-12-5-3-4-11(16-12)13(17)18/h3-7H,1-2H3,(H,15,16)(H,17,18). The number of hydrogen-bond donors (Lipinski definition) is 2. The van der Waals surface area contributed by atoms with Crippen molar-refractivity contribution in [1.29, 1.82) is 0 Å². The van der Waals surface area contributed by atoms with E-state index in [4.69, 9.17) is 5.11 Å². The highest BCUT2D eigenvalue weighted by Crippen LogP contribution is 2.18. The maximum Gasteiger partial charge on any atom is 0.354 e. The van der Waals surface area contributed by atoms with Gasteiger partial charge >= 0.3 is 5.97 Å². The second-order valence-corrected chi connectivity index (χ2v) is 3.92. The lowest BCUT2D eigenvalue weighted by Gasteiger charge is -2.09. The van der Waals surface area contributed by atoms with Gasteiger partial charge in [-0.2, -0.15) is 0 Å². The summed E-state index contributed by atoms with van der Waals surface area (Å²) in [5, 5.41) is 11.9. The Bertz CT molecular complexity index is 597. The minimum Gasteiger partial charge on any atom is -0.477 e. The number of rotatable bonds is 3. The van der Waals surface area contributed by atoms with E-state index < -0.39 is 5.97 Å². The van der Waals surface area contributed by atoms with Crippen LogP contribution in [-0.4, -0.2) is 21.0 Å². The van der Waals surface area contributed by atoms with Gasteiger partial charge in [-0.15, -0.1) is 0 Å². The first-order chi connectivity index (χ1) is 8.56. The Morgan fingerprint density at radius 2 is 1.94 bits per heavy atom. The lowest BCUT2D eigenvalue weighted by Crippen LogP contribution is -2.03. The molecule has 0 unspecified atom stereocenters. The summed E-state index contributed by atoms with van der Waals surface area (Å²) in [7, 11) is 0. The minimum absolute atomic E-state index is 0.0118. The molecule has 18 heavy (non-hydrogen) atoms. The molecule has 2 rings (SSSR count). The number of nitrogens with one attached hydrogen (secondary N) is 1. The van der Waals surface area contributed by atoms with Crippen LogP contribution in [-0.2, 0) is 0 Å². The number of nitrogens with zero attached hydrogens (tertiary/aromatic N) is 2. The zero-order valence-corrected chi connectivity index (χ0v) is 10.1. The van der Waals surface area contributed by atoms with Crippen LogP contribution in [0.3, 0.4) is 0 Å². The largest absolute Gasteiger partial charge is 0.477 e. The third-order valence-electron chi connectivity index (χ3n) is 2.46. The van der Waals surface area contributed by atoms with Crippen LogP contribution in [0, 0.1) is 13.8 Å². The summed E-state index contributed by atoms with van der Waals surface area (Å²) >= 11 is 0. The van der Waals surface area contributed by atoms with E-state index in [2.05, 4.69) is 15.3 Å². The van der Waals surface area contributed by atoms with Crippen LogP contribution in [0.25, 0.3) is 0 Å². The Hall–Kier alpha value is -2.43. The molecule has 2 aromatic rings. The van der Waals surface area contributed by atoms with Gasteiger partial charge in [-0.3, -0.25) is 4.98 Å². The summed E-state index contributed by atoms with van der Waals surface area (Å²) in [6.45, 7) is 3.80. The fourth-order valence-electron chi connectivity index (χ4n) is 1.58. The molecule has 5 nitrogen and oxygen atoms in total. The van der Waals surface area contributed by atoms with Crippen LogP contribution in [0.2, 0.25) is 0 Å². The Balaban J connectivity index is 2.28. The summed E-state index contributed by atoms with van der Waals surface area (Å²) in [6.07, 6.45) is 0. The van der Waals surface area contributed by atoms with Crippen molar-refractivity contribution in [3.05, 3.63) is 47.4 Å². The molecule has 0 aliphatic rings. The maximum atomic E-state index is 10.8. The predicted molar refractivity (Wildman–Crippen MR) is 68.2 cm³/mol. The third-order valence-corrected chi connectivity index (χ3v) is 2.46. The summed E-state index contributed by atoms with van der Waals surface area (Å²) in [5.41, 5.74) is 2.61. The first-order valence-electron chi connectivity index (χ1n) is 5.48. The molecular formula is C13H13N3O2. The molecule has 92 valence electrons. The molecule has 0 saturated heterocycles. The van der Waals surface area contributed by atoms with Crippen molar-refractivity contribution < 1.29 is 9.90 Å². The lowest BCUT2D eigenvalue weighted by atomic mass is 10.2. The molecule has 0 aliphatic heterocycles. The fraction of sp³-hybridized carbons (Fsp3) is 0.154. The van der Waals surface area contributed by atoms with Crippen molar-refractivity contribution in [2.24, 2.45) is 0 Å². The average molecular weight is 243 g/mol. The van der Waals surface area contributed by atoms with E-state index in [9.17, 15) is 4.79 Å². The summed E-state index contributed by atoms with van der Waals surface area (Å²) in [6, 6.07) is 8.60. The summed E-state index contributed by atoms with van der Waals surface area (Å²) < 4.78 is 0. The van der Waals surface area contributed by atoms with Crippen LogP contribution in [0.15, 0.2) is 30.3 Å². The van der Waals surface area contributed by atoms with Crippen molar-refractivity contribution in [1.82, 2.24) is 9.97 Å². The molecule has 0 aliphatic carbocycles. The van der Waals surface area contributed by atoms with Crippen molar-refractivity contribution in [3.63, 3.8) is 0 Å². The highest BCUT2D eigenvalue weighted by Gasteiger charge is 2.06. The third kappa shape index (κ3) is 2.63. The number of carboxylic acid groups (broad SMARTS) is 1. The quantitative estimate of drug-likeness (QED) is 0.866. The molecule has 5 heteroatoms. The second kappa shape index (κ2) is 4.83. The fourth-order valence-corrected chi connectivity index (χ4v) is 1.58. The zero-order chi connectivity index (χ0) is 13.1. The van der Waals surface area contributed by atoms with E-state index in [0.29, 0.717) is 5.82 Å². The van der Waals surface area contributed by atoms with Gasteiger partial charge in [-0.1, -0.05) is 6.07 Å². The molecule has 0 fully saturated rings. The van der Waals surface area contributed by atoms with E-state index in [-0.39, 0.29) is 5.69 Å². The Kier molecular flexibility index (Phi) is 3.23. The van der Waals surface area contributed by atoms with Crippen LogP contribution in [0.1, 0.15) is 21.9 Å². The highest BCUT2D eigenvalue weighted by molar-refractivity contribution is 5.85. The minimum atomic E-state index is -1.04. The first kappa shape index (κ1) is 12.0. The molecular weight excluding hydrogens is 230 g/mol. The molecule has 0 aromatic carbocycles. The van der Waals surface area contributed by atoms with Crippen LogP contribution in [0.5, 0.6) is 0 Å². The molecule has 0 atom stereocenters. The molecule has 2 aromatic heterocycles. The molecule has 0 amide bonds. The summed E-state index contributed by atoms with van der Waals surface area (Å²) in [5.74, 6) is -0.555. The Labute approximate surface area is 105 Å². The van der Waals surface area contributed by atoms with Gasteiger partial charge < -0.3 is 10.4 Å². The zero-order valence-electron chi connectivity index (χ0n) is 10.1. The normalized spacial score (nSPS) is 10.1. The van der Waals surface area contributed by atoms with Gasteiger partial charge in [-0.25, -0.2) is 9.78 Å². The van der Waals surface area contributed by atoms with Crippen molar-refractivity contribution in [2.45, 2.75) is 13.8 Å². The highest BCUT2D eigenvalue weighted by atomic mass is 16.4. The SMILES string of the molecule is Cc1ccc(Nc2cccc(C(=O)O)n2)c(C)n1. The predicted octanol–water partition coefficient (Wildman–Crippen LogP) is 2.54. The molecule has 2 N–H and O–H groups in total. The number of carboxylic acids is 1. The van der Waals surface area contributed by atoms with Crippen LogP contribution < -0.4 is 5.32 Å². The molecule has 0 radical (unpaired) electrons. The van der Waals surface area contributed by atoms with Crippen LogP contribution in [0.4, 0.5) is 11.5 Å². The molecule has 0 saturated carbocycles. The monoisotopic (exact) mass is 243 g/mol. The number of pyridine rings is 2. The van der Waals surface area contributed by atoms with Gasteiger partial charge in [0.25, 0.3) is 0 Å². The molecule has 2 heterocycles. The number of carbonyl (C=O) groups is 1. The molecule has 0 spiro atoms. The van der Waals surface area contributed by atoms with Gasteiger partial charge in [0.2, 0.25) is 0 Å². The van der Waals surface area contributed by atoms with Gasteiger partial charge in [0.1, 0.15) is 5.82 Å². The number of hydrogen-bond acceptors (Lipinski definition) is 4. The van der Waals surface area contributed by atoms with E-state index in [1.807, 2.05) is 26.0 Å². The topological polar surface area (TPSA) is 75.1 Å². The van der Waals surface area contributed by atoms with E-state index >= 15 is 0 Å². The van der Waals surface area contributed by atoms with Gasteiger partial charge in [0.15, 0.2) is 5.69 Å². The van der Waals surface area contributed by atoms with Crippen LogP contribution >= 0.6 is 0 Å². The first-order valence-corrected chi connectivity index (χ1v) is 5.48. The van der Waals surface area contributed by atoms with Gasteiger partial charge in [0.05, 0.1) is 11.4 Å². The van der Waals surface area contributed by atoms with Gasteiger partial charge in [0, 0.05) is 5.69 Å². The smallest absolute Gasteiger partial charge is 0.354 e. The Morgan fingerprint density at radius 3 is 2.61 bits per heavy atom. The van der Waals surface area contributed by atoms with Crippen molar-refractivity contribution in [3.8, 4) is 0 Å². The van der Waals surface area contributed by atoms with E-state index in [1.54, 1.807) is 12.1 Å². The number of aryl methyl sites for hydroxylation is 2. The average Bonchev–Trinajstić information content (AvgIpc) is 2.33. The maximum absolute atomic E-state index is 10.8. The number of anilines is 2. The number of aromatic carboxylic acids is 1. The van der Waals surface area contributed by atoms with Gasteiger partial charge in [-0.05, 0) is 38.1 Å². The van der Waals surface area contributed by atoms with Crippen molar-refractivity contribution >= 4 is 17.5 Å².